The number of hydrogen-bond donors (Lipinski definition) is 1. The number of nitrogens with zero attached hydrogens (tertiary/aromatic N) is 1. The highest BCUT2D eigenvalue weighted by molar-refractivity contribution is 6.34. The minimum absolute atomic E-state index is 0.0606. The van der Waals surface area contributed by atoms with E-state index in [0.717, 1.165) is 12.8 Å². The zero-order chi connectivity index (χ0) is 14.9. The third kappa shape index (κ3) is 3.27. The van der Waals surface area contributed by atoms with E-state index in [0.29, 0.717) is 25.3 Å². The van der Waals surface area contributed by atoms with Crippen molar-refractivity contribution >= 4 is 11.8 Å². The fourth-order valence-corrected chi connectivity index (χ4v) is 3.49. The number of nitrogens with two attached hydrogens (primary N) is 1. The highest BCUT2D eigenvalue weighted by atomic mass is 19.3. The van der Waals surface area contributed by atoms with Crippen LogP contribution in [-0.2, 0) is 9.59 Å². The minimum atomic E-state index is -2.57. The summed E-state index contributed by atoms with van der Waals surface area (Å²) < 4.78 is 26.5. The van der Waals surface area contributed by atoms with Crippen molar-refractivity contribution in [3.63, 3.8) is 0 Å². The Labute approximate surface area is 117 Å². The second kappa shape index (κ2) is 5.66. The first-order valence-electron chi connectivity index (χ1n) is 7.28. The first-order valence-corrected chi connectivity index (χ1v) is 7.28. The molecule has 114 valence electrons. The number of halogens is 2. The number of carbonyl (C=O) groups excluding carboxylic acids is 2. The number of amides is 2. The van der Waals surface area contributed by atoms with Gasteiger partial charge in [-0.15, -0.1) is 0 Å². The molecule has 2 atom stereocenters. The Morgan fingerprint density at radius 2 is 1.75 bits per heavy atom. The van der Waals surface area contributed by atoms with E-state index in [1.54, 1.807) is 0 Å². The average Bonchev–Trinajstić information content (AvgIpc) is 2.38. The van der Waals surface area contributed by atoms with Gasteiger partial charge in [0.1, 0.15) is 0 Å². The van der Waals surface area contributed by atoms with Crippen molar-refractivity contribution in [1.29, 1.82) is 0 Å². The molecule has 2 N–H and O–H groups in total. The van der Waals surface area contributed by atoms with Crippen LogP contribution in [0.5, 0.6) is 0 Å². The molecule has 0 bridgehead atoms. The smallest absolute Gasteiger partial charge is 0.311 e. The van der Waals surface area contributed by atoms with Gasteiger partial charge in [-0.3, -0.25) is 9.59 Å². The molecule has 2 aliphatic rings. The van der Waals surface area contributed by atoms with Crippen LogP contribution in [0.3, 0.4) is 0 Å². The number of alkyl halides is 2. The van der Waals surface area contributed by atoms with Gasteiger partial charge >= 0.3 is 11.8 Å². The van der Waals surface area contributed by atoms with Crippen LogP contribution < -0.4 is 5.73 Å². The second-order valence-electron chi connectivity index (χ2n) is 6.27. The molecule has 2 amide bonds. The molecule has 0 unspecified atom stereocenters. The molecule has 0 aromatic heterocycles. The third-order valence-electron chi connectivity index (χ3n) is 4.64. The van der Waals surface area contributed by atoms with Crippen molar-refractivity contribution in [2.75, 3.05) is 6.54 Å². The second-order valence-corrected chi connectivity index (χ2v) is 6.27. The van der Waals surface area contributed by atoms with Crippen molar-refractivity contribution in [2.24, 2.45) is 17.6 Å². The Morgan fingerprint density at radius 3 is 2.30 bits per heavy atom. The van der Waals surface area contributed by atoms with Gasteiger partial charge in [0, 0.05) is 25.4 Å². The topological polar surface area (TPSA) is 63.4 Å². The average molecular weight is 288 g/mol. The lowest BCUT2D eigenvalue weighted by molar-refractivity contribution is -0.149. The monoisotopic (exact) mass is 288 g/mol. The van der Waals surface area contributed by atoms with Crippen LogP contribution in [0.25, 0.3) is 0 Å². The maximum absolute atomic E-state index is 13.2. The predicted octanol–water partition coefficient (Wildman–Crippen LogP) is 1.92. The van der Waals surface area contributed by atoms with Crippen LogP contribution in [0.4, 0.5) is 8.78 Å². The molecule has 0 spiro atoms. The summed E-state index contributed by atoms with van der Waals surface area (Å²) in [6.07, 6.45) is 2.31. The molecule has 2 rings (SSSR count). The van der Waals surface area contributed by atoms with Crippen molar-refractivity contribution in [2.45, 2.75) is 57.4 Å². The van der Waals surface area contributed by atoms with Gasteiger partial charge in [-0.1, -0.05) is 6.92 Å². The van der Waals surface area contributed by atoms with Gasteiger partial charge in [0.05, 0.1) is 0 Å². The number of likely N-dealkylation sites (tertiary alicyclic amines) is 1. The van der Waals surface area contributed by atoms with Crippen LogP contribution in [0, 0.1) is 11.8 Å². The van der Waals surface area contributed by atoms with Gasteiger partial charge in [0.2, 0.25) is 5.92 Å². The summed E-state index contributed by atoms with van der Waals surface area (Å²) in [5, 5.41) is 0. The highest BCUT2D eigenvalue weighted by Crippen LogP contribution is 2.41. The summed E-state index contributed by atoms with van der Waals surface area (Å²) in [4.78, 5) is 24.6. The number of piperidine rings is 1. The molecule has 0 aromatic carbocycles. The summed E-state index contributed by atoms with van der Waals surface area (Å²) in [7, 11) is 0. The molecule has 0 radical (unpaired) electrons. The number of hydrogen-bond acceptors (Lipinski definition) is 2. The highest BCUT2D eigenvalue weighted by Gasteiger charge is 2.42. The quantitative estimate of drug-likeness (QED) is 0.749. The van der Waals surface area contributed by atoms with Gasteiger partial charge in [-0.25, -0.2) is 8.78 Å². The molecular formula is C14H22F2N2O2. The number of primary amides is 1. The zero-order valence-electron chi connectivity index (χ0n) is 11.8. The Hall–Kier alpha value is -1.20. The zero-order valence-corrected chi connectivity index (χ0v) is 11.8. The fraction of sp³-hybridized carbons (Fsp3) is 0.857. The van der Waals surface area contributed by atoms with Crippen LogP contribution >= 0.6 is 0 Å². The van der Waals surface area contributed by atoms with Crippen LogP contribution in [0.1, 0.15) is 45.4 Å². The minimum Gasteiger partial charge on any atom is -0.361 e. The maximum Gasteiger partial charge on any atom is 0.311 e. The molecule has 1 heterocycles. The van der Waals surface area contributed by atoms with E-state index in [-0.39, 0.29) is 24.8 Å². The molecule has 2 fully saturated rings. The number of rotatable bonds is 1. The molecule has 1 saturated carbocycles. The molecule has 20 heavy (non-hydrogen) atoms. The van der Waals surface area contributed by atoms with Crippen molar-refractivity contribution in [3.8, 4) is 0 Å². The van der Waals surface area contributed by atoms with Gasteiger partial charge in [-0.2, -0.15) is 0 Å². The fourth-order valence-electron chi connectivity index (χ4n) is 3.49. The largest absolute Gasteiger partial charge is 0.361 e. The summed E-state index contributed by atoms with van der Waals surface area (Å²) in [6, 6.07) is -0.109. The van der Waals surface area contributed by atoms with E-state index < -0.39 is 17.7 Å². The molecule has 1 saturated heterocycles. The Balaban J connectivity index is 2.08. The lowest BCUT2D eigenvalue weighted by Gasteiger charge is -2.44. The lowest BCUT2D eigenvalue weighted by atomic mass is 9.77. The third-order valence-corrected chi connectivity index (χ3v) is 4.64. The molecule has 0 aromatic rings. The van der Waals surface area contributed by atoms with Gasteiger partial charge in [0.15, 0.2) is 0 Å². The summed E-state index contributed by atoms with van der Waals surface area (Å²) >= 11 is 0. The molecule has 4 nitrogen and oxygen atoms in total. The Bertz CT molecular complexity index is 391. The van der Waals surface area contributed by atoms with E-state index in [1.165, 1.54) is 4.90 Å². The van der Waals surface area contributed by atoms with E-state index in [9.17, 15) is 18.4 Å². The van der Waals surface area contributed by atoms with E-state index in [1.807, 2.05) is 6.92 Å². The predicted molar refractivity (Wildman–Crippen MR) is 70.0 cm³/mol. The molecular weight excluding hydrogens is 266 g/mol. The molecule has 1 aliphatic heterocycles. The van der Waals surface area contributed by atoms with Crippen molar-refractivity contribution in [1.82, 2.24) is 4.90 Å². The first kappa shape index (κ1) is 15.2. The molecule has 1 aliphatic carbocycles. The lowest BCUT2D eigenvalue weighted by Crippen LogP contribution is -2.54. The van der Waals surface area contributed by atoms with Crippen LogP contribution in [0.15, 0.2) is 0 Å². The van der Waals surface area contributed by atoms with Crippen molar-refractivity contribution < 1.29 is 18.4 Å². The van der Waals surface area contributed by atoms with Gasteiger partial charge in [-0.05, 0) is 37.5 Å². The maximum atomic E-state index is 13.2. The summed E-state index contributed by atoms with van der Waals surface area (Å²) in [6.45, 7) is 2.52. The SMILES string of the molecule is C[C@H]1CC[C@H](C2CCC(F)(F)CC2)N(C(=O)C(N)=O)C1. The normalized spacial score (nSPS) is 31.1. The van der Waals surface area contributed by atoms with E-state index in [4.69, 9.17) is 5.73 Å². The van der Waals surface area contributed by atoms with Crippen LogP contribution in [-0.4, -0.2) is 35.2 Å². The molecule has 6 heteroatoms. The van der Waals surface area contributed by atoms with E-state index >= 15 is 0 Å². The van der Waals surface area contributed by atoms with Crippen LogP contribution in [0.2, 0.25) is 0 Å². The summed E-state index contributed by atoms with van der Waals surface area (Å²) in [5.74, 6) is -3.81. The standard InChI is InChI=1S/C14H22F2N2O2/c1-9-2-3-11(18(8-9)13(20)12(17)19)10-4-6-14(15,16)7-5-10/h9-11H,2-8H2,1H3,(H2,17,19)/t9-,11+/m0/s1. The van der Waals surface area contributed by atoms with E-state index in [2.05, 4.69) is 0 Å². The first-order chi connectivity index (χ1) is 9.30. The summed E-state index contributed by atoms with van der Waals surface area (Å²) in [5.41, 5.74) is 5.10. The van der Waals surface area contributed by atoms with Gasteiger partial charge in [0.25, 0.3) is 0 Å². The number of carbonyl (C=O) groups is 2. The Morgan fingerprint density at radius 1 is 1.15 bits per heavy atom. The van der Waals surface area contributed by atoms with Crippen molar-refractivity contribution in [3.05, 3.63) is 0 Å². The Kier molecular flexibility index (Phi) is 4.30. The van der Waals surface area contributed by atoms with Gasteiger partial charge < -0.3 is 10.6 Å².